The maximum atomic E-state index is 13.5. The third-order valence-electron chi connectivity index (χ3n) is 6.08. The topological polar surface area (TPSA) is 124 Å². The molecule has 0 aliphatic carbocycles. The standard InChI is InChI=1S/C26H35N5O5/c1-16(2)28-26(35)30(5)14-23-17(3)13-31(18(4)15-32)25(34)21-12-20(6-7-22(21)36-23)29-24(33)19-8-10-27-11-9-19/h6-12,16-18,23,32H,13-15H2,1-5H3,(H,28,35)(H,29,33)/t17-,18+,23+/m1/s1. The summed E-state index contributed by atoms with van der Waals surface area (Å²) in [6, 6.07) is 7.45. The van der Waals surface area contributed by atoms with E-state index in [0.29, 0.717) is 30.1 Å². The van der Waals surface area contributed by atoms with Crippen molar-refractivity contribution in [1.29, 1.82) is 0 Å². The molecule has 0 saturated heterocycles. The minimum atomic E-state index is -0.427. The van der Waals surface area contributed by atoms with E-state index in [1.54, 1.807) is 54.1 Å². The maximum Gasteiger partial charge on any atom is 0.317 e. The van der Waals surface area contributed by atoms with Crippen LogP contribution < -0.4 is 15.4 Å². The highest BCUT2D eigenvalue weighted by atomic mass is 16.5. The van der Waals surface area contributed by atoms with Crippen LogP contribution in [0.1, 0.15) is 48.4 Å². The van der Waals surface area contributed by atoms with Gasteiger partial charge in [0.1, 0.15) is 11.9 Å². The fourth-order valence-corrected chi connectivity index (χ4v) is 3.93. The second-order valence-electron chi connectivity index (χ2n) is 9.51. The van der Waals surface area contributed by atoms with Gasteiger partial charge in [-0.2, -0.15) is 0 Å². The number of benzene rings is 1. The molecule has 1 aliphatic rings. The molecule has 0 bridgehead atoms. The van der Waals surface area contributed by atoms with Crippen molar-refractivity contribution in [2.24, 2.45) is 5.92 Å². The first kappa shape index (κ1) is 26.9. The molecule has 3 atom stereocenters. The lowest BCUT2D eigenvalue weighted by molar-refractivity contribution is 0.0366. The summed E-state index contributed by atoms with van der Waals surface area (Å²) in [5, 5.41) is 15.5. The van der Waals surface area contributed by atoms with Crippen LogP contribution in [0.15, 0.2) is 42.7 Å². The van der Waals surface area contributed by atoms with Crippen LogP contribution >= 0.6 is 0 Å². The number of anilines is 1. The van der Waals surface area contributed by atoms with Crippen molar-refractivity contribution in [2.45, 2.75) is 45.9 Å². The predicted octanol–water partition coefficient (Wildman–Crippen LogP) is 2.60. The second kappa shape index (κ2) is 11.9. The van der Waals surface area contributed by atoms with E-state index in [9.17, 15) is 19.5 Å². The van der Waals surface area contributed by atoms with Crippen LogP contribution in [0.25, 0.3) is 0 Å². The second-order valence-corrected chi connectivity index (χ2v) is 9.51. The predicted molar refractivity (Wildman–Crippen MR) is 136 cm³/mol. The molecule has 0 fully saturated rings. The average Bonchev–Trinajstić information content (AvgIpc) is 2.86. The molecular weight excluding hydrogens is 462 g/mol. The van der Waals surface area contributed by atoms with Gasteiger partial charge in [-0.1, -0.05) is 6.92 Å². The number of nitrogens with one attached hydrogen (secondary N) is 2. The molecule has 0 saturated carbocycles. The number of hydrogen-bond acceptors (Lipinski definition) is 6. The van der Waals surface area contributed by atoms with Crippen molar-refractivity contribution < 1.29 is 24.2 Å². The molecule has 194 valence electrons. The number of carbonyl (C=O) groups excluding carboxylic acids is 3. The lowest BCUT2D eigenvalue weighted by Gasteiger charge is -2.38. The van der Waals surface area contributed by atoms with Gasteiger partial charge in [0.2, 0.25) is 0 Å². The number of likely N-dealkylation sites (N-methyl/N-ethyl adjacent to an activating group) is 1. The van der Waals surface area contributed by atoms with E-state index in [1.807, 2.05) is 20.8 Å². The number of nitrogens with zero attached hydrogens (tertiary/aromatic N) is 3. The van der Waals surface area contributed by atoms with Crippen molar-refractivity contribution in [2.75, 3.05) is 32.1 Å². The van der Waals surface area contributed by atoms with Crippen molar-refractivity contribution >= 4 is 23.5 Å². The van der Waals surface area contributed by atoms with Crippen molar-refractivity contribution in [3.63, 3.8) is 0 Å². The Bertz CT molecular complexity index is 1080. The molecule has 2 heterocycles. The highest BCUT2D eigenvalue weighted by molar-refractivity contribution is 6.05. The number of aliphatic hydroxyl groups is 1. The Hall–Kier alpha value is -3.66. The molecule has 3 rings (SSSR count). The van der Waals surface area contributed by atoms with Crippen LogP contribution in [-0.2, 0) is 0 Å². The summed E-state index contributed by atoms with van der Waals surface area (Å²) in [7, 11) is 1.70. The Kier molecular flexibility index (Phi) is 8.87. The van der Waals surface area contributed by atoms with Crippen LogP contribution in [0.3, 0.4) is 0 Å². The highest BCUT2D eigenvalue weighted by Crippen LogP contribution is 2.31. The number of hydrogen-bond donors (Lipinski definition) is 3. The van der Waals surface area contributed by atoms with Crippen molar-refractivity contribution in [3.05, 3.63) is 53.9 Å². The highest BCUT2D eigenvalue weighted by Gasteiger charge is 2.34. The average molecular weight is 498 g/mol. The smallest absolute Gasteiger partial charge is 0.317 e. The monoisotopic (exact) mass is 497 g/mol. The van der Waals surface area contributed by atoms with Crippen LogP contribution in [0, 0.1) is 5.92 Å². The molecule has 1 aromatic heterocycles. The summed E-state index contributed by atoms with van der Waals surface area (Å²) in [6.07, 6.45) is 2.65. The van der Waals surface area contributed by atoms with E-state index in [0.717, 1.165) is 0 Å². The summed E-state index contributed by atoms with van der Waals surface area (Å²) >= 11 is 0. The Morgan fingerprint density at radius 1 is 1.22 bits per heavy atom. The zero-order valence-electron chi connectivity index (χ0n) is 21.4. The van der Waals surface area contributed by atoms with Gasteiger partial charge in [0, 0.05) is 49.2 Å². The third kappa shape index (κ3) is 6.51. The first-order valence-electron chi connectivity index (χ1n) is 12.1. The lowest BCUT2D eigenvalue weighted by Crippen LogP contribution is -2.51. The van der Waals surface area contributed by atoms with E-state index < -0.39 is 12.1 Å². The first-order chi connectivity index (χ1) is 17.1. The van der Waals surface area contributed by atoms with Crippen molar-refractivity contribution in [1.82, 2.24) is 20.1 Å². The maximum absolute atomic E-state index is 13.5. The number of aliphatic hydroxyl groups excluding tert-OH is 1. The molecule has 2 aromatic rings. The number of carbonyl (C=O) groups is 3. The molecule has 3 N–H and O–H groups in total. The largest absolute Gasteiger partial charge is 0.487 e. The van der Waals surface area contributed by atoms with Crippen LogP contribution in [0.5, 0.6) is 5.75 Å². The third-order valence-corrected chi connectivity index (χ3v) is 6.08. The van der Waals surface area contributed by atoms with Crippen LogP contribution in [0.4, 0.5) is 10.5 Å². The lowest BCUT2D eigenvalue weighted by atomic mass is 9.99. The summed E-state index contributed by atoms with van der Waals surface area (Å²) in [4.78, 5) is 45.7. The minimum absolute atomic E-state index is 0.00403. The quantitative estimate of drug-likeness (QED) is 0.540. The Balaban J connectivity index is 1.92. The molecule has 0 radical (unpaired) electrons. The van der Waals surface area contributed by atoms with E-state index in [1.165, 1.54) is 12.4 Å². The van der Waals surface area contributed by atoms with Gasteiger partial charge in [0.15, 0.2) is 0 Å². The summed E-state index contributed by atoms with van der Waals surface area (Å²) in [5.74, 6) is -0.410. The van der Waals surface area contributed by atoms with Crippen LogP contribution in [-0.4, -0.2) is 82.7 Å². The number of rotatable bonds is 7. The Morgan fingerprint density at radius 2 is 1.92 bits per heavy atom. The number of pyridine rings is 1. The summed E-state index contributed by atoms with van der Waals surface area (Å²) in [6.45, 7) is 7.95. The number of ether oxygens (including phenoxy) is 1. The fraction of sp³-hybridized carbons (Fsp3) is 0.462. The van der Waals surface area contributed by atoms with Gasteiger partial charge in [0.25, 0.3) is 11.8 Å². The summed E-state index contributed by atoms with van der Waals surface area (Å²) in [5.41, 5.74) is 1.14. The van der Waals surface area contributed by atoms with E-state index >= 15 is 0 Å². The number of fused-ring (bicyclic) bond motifs is 1. The van der Waals surface area contributed by atoms with Gasteiger partial charge in [0.05, 0.1) is 24.8 Å². The molecule has 10 nitrogen and oxygen atoms in total. The molecule has 4 amide bonds. The van der Waals surface area contributed by atoms with Gasteiger partial charge >= 0.3 is 6.03 Å². The van der Waals surface area contributed by atoms with Gasteiger partial charge < -0.3 is 30.3 Å². The molecule has 0 spiro atoms. The molecule has 1 aliphatic heterocycles. The molecule has 0 unspecified atom stereocenters. The Morgan fingerprint density at radius 3 is 2.56 bits per heavy atom. The van der Waals surface area contributed by atoms with Gasteiger partial charge in [-0.05, 0) is 51.1 Å². The van der Waals surface area contributed by atoms with E-state index in [-0.39, 0.29) is 42.0 Å². The number of amides is 4. The number of aromatic nitrogens is 1. The normalized spacial score (nSPS) is 18.4. The number of urea groups is 1. The fourth-order valence-electron chi connectivity index (χ4n) is 3.93. The van der Waals surface area contributed by atoms with Gasteiger partial charge in [-0.3, -0.25) is 14.6 Å². The summed E-state index contributed by atoms with van der Waals surface area (Å²) < 4.78 is 6.30. The Labute approximate surface area is 211 Å². The van der Waals surface area contributed by atoms with Gasteiger partial charge in [-0.25, -0.2) is 4.79 Å². The van der Waals surface area contributed by atoms with Crippen molar-refractivity contribution in [3.8, 4) is 5.75 Å². The van der Waals surface area contributed by atoms with E-state index in [2.05, 4.69) is 15.6 Å². The SMILES string of the molecule is CC(C)NC(=O)N(C)C[C@@H]1Oc2ccc(NC(=O)c3ccncc3)cc2C(=O)N([C@@H](C)CO)C[C@H]1C. The minimum Gasteiger partial charge on any atom is -0.487 e. The van der Waals surface area contributed by atoms with Gasteiger partial charge in [-0.15, -0.1) is 0 Å². The molecule has 1 aromatic carbocycles. The molecule has 36 heavy (non-hydrogen) atoms. The first-order valence-corrected chi connectivity index (χ1v) is 12.1. The van der Waals surface area contributed by atoms with Crippen LogP contribution in [0.2, 0.25) is 0 Å². The molecule has 10 heteroatoms. The molecular formula is C26H35N5O5. The zero-order chi connectivity index (χ0) is 26.4. The zero-order valence-corrected chi connectivity index (χ0v) is 21.4. The van der Waals surface area contributed by atoms with E-state index in [4.69, 9.17) is 4.74 Å².